The number of phenolic OH excluding ortho intramolecular Hbond substituents is 2. The van der Waals surface area contributed by atoms with Gasteiger partial charge in [0.15, 0.2) is 0 Å². The quantitative estimate of drug-likeness (QED) is 0.285. The summed E-state index contributed by atoms with van der Waals surface area (Å²) < 4.78 is 32.7. The number of hydrogen-bond acceptors (Lipinski definition) is 6. The van der Waals surface area contributed by atoms with Crippen LogP contribution >= 0.6 is 0 Å². The van der Waals surface area contributed by atoms with Crippen LogP contribution in [0.2, 0.25) is 0 Å². The maximum atomic E-state index is 11.6. The van der Waals surface area contributed by atoms with Crippen molar-refractivity contribution in [3.8, 4) is 11.5 Å². The van der Waals surface area contributed by atoms with Crippen molar-refractivity contribution in [1.29, 1.82) is 0 Å². The summed E-state index contributed by atoms with van der Waals surface area (Å²) in [5.41, 5.74) is 0.246. The summed E-state index contributed by atoms with van der Waals surface area (Å²) >= 11 is 0. The number of nitrogens with zero attached hydrogens (tertiary/aromatic N) is 2. The molecule has 4 aromatic carbocycles. The number of fused-ring (bicyclic) bond motifs is 2. The van der Waals surface area contributed by atoms with Gasteiger partial charge in [0.25, 0.3) is 10.1 Å². The van der Waals surface area contributed by atoms with Crippen molar-refractivity contribution in [3.63, 3.8) is 0 Å². The standard InChI is InChI=1S/C20H14N2O5S.Cr.3H2O/c23-16-10-9-12-5-1-2-6-13(12)19(16)21-22-20-15-8-4-3-7-14(15)18(11-17(20)24)28(25,26)27;;;;/h1-11,23-24H,(H,25,26,27);;3*1H2. The van der Waals surface area contributed by atoms with E-state index in [2.05, 4.69) is 10.2 Å². The molecule has 0 unspecified atom stereocenters. The Morgan fingerprint density at radius 1 is 0.656 bits per heavy atom. The zero-order valence-electron chi connectivity index (χ0n) is 16.2. The molecule has 10 nitrogen and oxygen atoms in total. The first-order valence-electron chi connectivity index (χ1n) is 8.21. The molecule has 32 heavy (non-hydrogen) atoms. The predicted octanol–water partition coefficient (Wildman–Crippen LogP) is 2.59. The van der Waals surface area contributed by atoms with Gasteiger partial charge in [-0.1, -0.05) is 54.6 Å². The average molecular weight is 500 g/mol. The largest absolute Gasteiger partial charge is 0.506 e. The van der Waals surface area contributed by atoms with Gasteiger partial charge in [0, 0.05) is 39.6 Å². The van der Waals surface area contributed by atoms with Crippen molar-refractivity contribution >= 4 is 43.0 Å². The summed E-state index contributed by atoms with van der Waals surface area (Å²) in [6, 6.07) is 17.8. The Balaban J connectivity index is 0.00000240. The molecule has 0 spiro atoms. The van der Waals surface area contributed by atoms with Crippen LogP contribution in [0.3, 0.4) is 0 Å². The summed E-state index contributed by atoms with van der Waals surface area (Å²) in [7, 11) is -4.54. The molecule has 4 rings (SSSR count). The Labute approximate surface area is 193 Å². The fourth-order valence-electron chi connectivity index (χ4n) is 3.08. The fraction of sp³-hybridized carbons (Fsp3) is 0. The van der Waals surface area contributed by atoms with E-state index >= 15 is 0 Å². The van der Waals surface area contributed by atoms with E-state index in [1.165, 1.54) is 12.1 Å². The summed E-state index contributed by atoms with van der Waals surface area (Å²) in [6.07, 6.45) is 0. The molecule has 0 aromatic heterocycles. The minimum atomic E-state index is -4.54. The molecular weight excluding hydrogens is 480 g/mol. The van der Waals surface area contributed by atoms with Gasteiger partial charge >= 0.3 is 0 Å². The van der Waals surface area contributed by atoms with Crippen molar-refractivity contribution in [2.24, 2.45) is 10.2 Å². The predicted molar refractivity (Wildman–Crippen MR) is 116 cm³/mol. The van der Waals surface area contributed by atoms with E-state index < -0.39 is 20.8 Å². The molecule has 170 valence electrons. The van der Waals surface area contributed by atoms with Crippen molar-refractivity contribution in [2.75, 3.05) is 0 Å². The molecule has 0 radical (unpaired) electrons. The number of azo groups is 1. The van der Waals surface area contributed by atoms with E-state index in [0.29, 0.717) is 10.8 Å². The Kier molecular flexibility index (Phi) is 9.93. The first kappa shape index (κ1) is 28.9. The van der Waals surface area contributed by atoms with E-state index in [0.717, 1.165) is 11.5 Å². The molecule has 0 bridgehead atoms. The fourth-order valence-corrected chi connectivity index (χ4v) is 3.80. The van der Waals surface area contributed by atoms with Crippen molar-refractivity contribution in [3.05, 3.63) is 66.7 Å². The Morgan fingerprint density at radius 3 is 1.75 bits per heavy atom. The minimum Gasteiger partial charge on any atom is -0.506 e. The molecule has 0 aliphatic heterocycles. The Bertz CT molecular complexity index is 1380. The van der Waals surface area contributed by atoms with Gasteiger partial charge in [-0.2, -0.15) is 8.42 Å². The number of rotatable bonds is 3. The van der Waals surface area contributed by atoms with E-state index in [9.17, 15) is 23.2 Å². The van der Waals surface area contributed by atoms with Gasteiger partial charge in [-0.25, -0.2) is 0 Å². The van der Waals surface area contributed by atoms with Crippen LogP contribution in [-0.2, 0) is 27.5 Å². The summed E-state index contributed by atoms with van der Waals surface area (Å²) in [4.78, 5) is -0.424. The Hall–Kier alpha value is -3.08. The van der Waals surface area contributed by atoms with Crippen LogP contribution in [0.15, 0.2) is 81.9 Å². The molecule has 0 saturated carbocycles. The van der Waals surface area contributed by atoms with Gasteiger partial charge in [0.05, 0.1) is 0 Å². The molecule has 0 aliphatic carbocycles. The second-order valence-corrected chi connectivity index (χ2v) is 7.51. The molecule has 0 saturated heterocycles. The number of phenols is 2. The zero-order valence-corrected chi connectivity index (χ0v) is 18.3. The molecular formula is C20H20CrN2O8S. The van der Waals surface area contributed by atoms with Crippen LogP contribution in [0.4, 0.5) is 11.4 Å². The average Bonchev–Trinajstić information content (AvgIpc) is 2.67. The van der Waals surface area contributed by atoms with Crippen molar-refractivity contribution < 1.29 is 57.0 Å². The van der Waals surface area contributed by atoms with Crippen LogP contribution in [0, 0.1) is 0 Å². The van der Waals surface area contributed by atoms with Crippen LogP contribution in [0.1, 0.15) is 0 Å². The normalized spacial score (nSPS) is 10.7. The first-order valence-corrected chi connectivity index (χ1v) is 9.65. The molecule has 0 aliphatic rings. The summed E-state index contributed by atoms with van der Waals surface area (Å²) in [5.74, 6) is -0.546. The molecule has 0 atom stereocenters. The van der Waals surface area contributed by atoms with E-state index in [1.807, 2.05) is 12.1 Å². The Morgan fingerprint density at radius 2 is 1.16 bits per heavy atom. The van der Waals surface area contributed by atoms with Crippen LogP contribution in [-0.4, -0.2) is 39.6 Å². The van der Waals surface area contributed by atoms with Gasteiger partial charge in [-0.05, 0) is 11.5 Å². The smallest absolute Gasteiger partial charge is 0.295 e. The van der Waals surface area contributed by atoms with Gasteiger partial charge in [0.2, 0.25) is 0 Å². The van der Waals surface area contributed by atoms with E-state index in [1.54, 1.807) is 36.4 Å². The van der Waals surface area contributed by atoms with Gasteiger partial charge in [-0.3, -0.25) is 4.55 Å². The molecule has 4 aromatic rings. The molecule has 0 heterocycles. The number of benzene rings is 4. The second-order valence-electron chi connectivity index (χ2n) is 6.12. The second kappa shape index (κ2) is 11.0. The summed E-state index contributed by atoms with van der Waals surface area (Å²) in [6.45, 7) is 0. The summed E-state index contributed by atoms with van der Waals surface area (Å²) in [5, 5.41) is 30.7. The molecule has 9 N–H and O–H groups in total. The first-order chi connectivity index (χ1) is 13.4. The van der Waals surface area contributed by atoms with Crippen LogP contribution < -0.4 is 0 Å². The maximum absolute atomic E-state index is 11.6. The molecule has 0 amide bonds. The third-order valence-corrected chi connectivity index (χ3v) is 5.26. The molecule has 12 heteroatoms. The van der Waals surface area contributed by atoms with Crippen LogP contribution in [0.5, 0.6) is 11.5 Å². The van der Waals surface area contributed by atoms with Gasteiger partial charge in [-0.15, -0.1) is 10.2 Å². The number of hydrogen-bond donors (Lipinski definition) is 3. The van der Waals surface area contributed by atoms with Crippen molar-refractivity contribution in [1.82, 2.24) is 0 Å². The molecule has 0 fully saturated rings. The van der Waals surface area contributed by atoms with E-state index in [-0.39, 0.29) is 56.3 Å². The van der Waals surface area contributed by atoms with Crippen molar-refractivity contribution in [2.45, 2.75) is 4.90 Å². The van der Waals surface area contributed by atoms with Gasteiger partial charge in [0.1, 0.15) is 27.8 Å². The maximum Gasteiger partial charge on any atom is 0.295 e. The van der Waals surface area contributed by atoms with Gasteiger partial charge < -0.3 is 26.6 Å². The number of aromatic hydroxyl groups is 2. The SMILES string of the molecule is O.O.O.O=S(=O)(O)c1cc(O)c(N=Nc2c(O)ccc3ccccc23)c2ccccc12.[Cr]. The zero-order chi connectivity index (χ0) is 19.9. The minimum absolute atomic E-state index is 0. The third-order valence-electron chi connectivity index (χ3n) is 4.37. The topological polar surface area (TPSA) is 214 Å². The third kappa shape index (κ3) is 5.21. The van der Waals surface area contributed by atoms with E-state index in [4.69, 9.17) is 0 Å². The van der Waals surface area contributed by atoms with Crippen LogP contribution in [0.25, 0.3) is 21.5 Å². The monoisotopic (exact) mass is 500 g/mol.